The fourth-order valence-corrected chi connectivity index (χ4v) is 10.2. The van der Waals surface area contributed by atoms with E-state index in [1.165, 1.54) is 19.2 Å². The van der Waals surface area contributed by atoms with Crippen LogP contribution in [0.5, 0.6) is 5.75 Å². The third-order valence-corrected chi connectivity index (χ3v) is 15.2. The second kappa shape index (κ2) is 33.9. The maximum absolute atomic E-state index is 13.2. The minimum absolute atomic E-state index is 0.0559. The van der Waals surface area contributed by atoms with Crippen molar-refractivity contribution in [2.75, 3.05) is 96.6 Å². The minimum Gasteiger partial charge on any atom is -0.740 e. The molecular weight excluding hydrogens is 1120 g/mol. The third-order valence-electron chi connectivity index (χ3n) is 13.6. The molecule has 0 aromatic heterocycles. The Hall–Kier alpha value is -6.04. The first-order valence-corrected chi connectivity index (χ1v) is 30.2. The van der Waals surface area contributed by atoms with Crippen molar-refractivity contribution < 1.29 is 73.5 Å². The lowest BCUT2D eigenvalue weighted by molar-refractivity contribution is -0.438. The number of nitrogens with zero attached hydrogens (tertiary/aromatic N) is 2. The van der Waals surface area contributed by atoms with E-state index in [9.17, 15) is 50.5 Å². The molecule has 4 rings (SSSR count). The van der Waals surface area contributed by atoms with Gasteiger partial charge in [0.1, 0.15) is 36.3 Å². The van der Waals surface area contributed by atoms with Crippen LogP contribution in [-0.4, -0.2) is 171 Å². The summed E-state index contributed by atoms with van der Waals surface area (Å²) in [5.74, 6) is -2.55. The summed E-state index contributed by atoms with van der Waals surface area (Å²) in [6.07, 6.45) is 13.0. The lowest BCUT2D eigenvalue weighted by Crippen LogP contribution is -2.52. The second-order valence-corrected chi connectivity index (χ2v) is 22.7. The Kier molecular flexibility index (Phi) is 28.3. The predicted molar refractivity (Wildman–Crippen MR) is 312 cm³/mol. The van der Waals surface area contributed by atoms with Crippen LogP contribution in [0.25, 0.3) is 0 Å². The molecule has 2 aromatic rings. The van der Waals surface area contributed by atoms with Gasteiger partial charge in [-0.15, -0.1) is 0 Å². The number of methoxy groups -OCH3 is 1. The molecule has 3 atom stereocenters. The van der Waals surface area contributed by atoms with Gasteiger partial charge in [-0.25, -0.2) is 4.21 Å². The number of carbonyl (C=O) groups is 6. The largest absolute Gasteiger partial charge is 0.740 e. The number of benzene rings is 2. The average molecular weight is 1200 g/mol. The van der Waals surface area contributed by atoms with Crippen LogP contribution in [0.15, 0.2) is 77.4 Å². The predicted octanol–water partition coefficient (Wildman–Crippen LogP) is 2.03. The van der Waals surface area contributed by atoms with E-state index in [-0.39, 0.29) is 74.0 Å². The van der Waals surface area contributed by atoms with Crippen LogP contribution in [-0.2, 0) is 75.3 Å². The topological polar surface area (TPSA) is 338 Å². The van der Waals surface area contributed by atoms with Gasteiger partial charge in [-0.05, 0) is 94.8 Å². The van der Waals surface area contributed by atoms with Crippen molar-refractivity contribution in [2.45, 2.75) is 107 Å². The molecule has 0 saturated carbocycles. The van der Waals surface area contributed by atoms with E-state index in [4.69, 9.17) is 24.1 Å². The van der Waals surface area contributed by atoms with Crippen LogP contribution in [0.1, 0.15) is 90.7 Å². The maximum Gasteiger partial charge on any atom is 0.294 e. The molecule has 0 radical (unpaired) electrons. The van der Waals surface area contributed by atoms with Crippen LogP contribution in [0, 0.1) is 0 Å². The van der Waals surface area contributed by atoms with Crippen molar-refractivity contribution in [3.8, 4) is 5.75 Å². The SMILES string of the molecule is CCN1/C(=C/C=C/C=C/C2=[N+](CCCCCC(=O)NCCCC[C@H](NC(=O)CNC(=O)[C@@H](N)CS)C(=O)NCC(=O)NCCOCCOCC(=O)NCCOC)c3ccc(S(=O)(=O)O)cc3C2(C)C)C(C)(C)c2cc(OS(=O)[O-])ccc21. The van der Waals surface area contributed by atoms with Gasteiger partial charge in [0.05, 0.1) is 55.9 Å². The van der Waals surface area contributed by atoms with Crippen LogP contribution in [0.4, 0.5) is 11.4 Å². The Morgan fingerprint density at radius 3 is 2.20 bits per heavy atom. The summed E-state index contributed by atoms with van der Waals surface area (Å²) >= 11 is 1.29. The molecule has 27 heteroatoms. The van der Waals surface area contributed by atoms with Gasteiger partial charge < -0.3 is 65.5 Å². The zero-order valence-corrected chi connectivity index (χ0v) is 50.1. The summed E-state index contributed by atoms with van der Waals surface area (Å²) in [7, 11) is -2.95. The third kappa shape index (κ3) is 21.3. The van der Waals surface area contributed by atoms with Crippen LogP contribution >= 0.6 is 12.6 Å². The number of rotatable bonds is 37. The smallest absolute Gasteiger partial charge is 0.294 e. The number of hydrogen-bond donors (Lipinski definition) is 9. The number of likely N-dealkylation sites (N-methyl/N-ethyl adjacent to an activating group) is 1. The molecule has 2 aromatic carbocycles. The number of carbonyl (C=O) groups excluding carboxylic acids is 6. The summed E-state index contributed by atoms with van der Waals surface area (Å²) in [5, 5.41) is 15.7. The van der Waals surface area contributed by atoms with Crippen LogP contribution < -0.4 is 46.7 Å². The molecule has 82 heavy (non-hydrogen) atoms. The molecule has 0 fully saturated rings. The van der Waals surface area contributed by atoms with Gasteiger partial charge in [0, 0.05) is 86.4 Å². The van der Waals surface area contributed by atoms with Gasteiger partial charge in [-0.2, -0.15) is 25.6 Å². The number of fused-ring (bicyclic) bond motifs is 2. The van der Waals surface area contributed by atoms with Gasteiger partial charge in [0.15, 0.2) is 5.71 Å². The molecule has 6 amide bonds. The summed E-state index contributed by atoms with van der Waals surface area (Å²) < 4.78 is 79.4. The number of unbranched alkanes of at least 4 members (excludes halogenated alkanes) is 3. The normalized spacial score (nSPS) is 15.9. The number of hydrogen-bond acceptors (Lipinski definition) is 17. The summed E-state index contributed by atoms with van der Waals surface area (Å²) in [4.78, 5) is 77.2. The molecule has 0 bridgehead atoms. The van der Waals surface area contributed by atoms with E-state index in [0.29, 0.717) is 64.9 Å². The summed E-state index contributed by atoms with van der Waals surface area (Å²) in [6.45, 7) is 12.1. The van der Waals surface area contributed by atoms with Crippen LogP contribution in [0.3, 0.4) is 0 Å². The molecule has 0 saturated heterocycles. The minimum atomic E-state index is -4.47. The van der Waals surface area contributed by atoms with Gasteiger partial charge in [-0.3, -0.25) is 33.3 Å². The van der Waals surface area contributed by atoms with E-state index in [1.54, 1.807) is 18.2 Å². The van der Waals surface area contributed by atoms with Gasteiger partial charge in [0.25, 0.3) is 10.1 Å². The van der Waals surface area contributed by atoms with E-state index in [1.807, 2.05) is 57.2 Å². The molecule has 0 aliphatic carbocycles. The highest BCUT2D eigenvalue weighted by molar-refractivity contribution is 7.85. The molecular formula is C55H81N9O15S3. The van der Waals surface area contributed by atoms with Crippen molar-refractivity contribution in [1.82, 2.24) is 31.9 Å². The zero-order chi connectivity index (χ0) is 60.5. The summed E-state index contributed by atoms with van der Waals surface area (Å²) in [5.41, 5.74) is 9.88. The van der Waals surface area contributed by atoms with Crippen molar-refractivity contribution >= 4 is 86.6 Å². The van der Waals surface area contributed by atoms with E-state index in [0.717, 1.165) is 33.9 Å². The Balaban J connectivity index is 1.28. The van der Waals surface area contributed by atoms with Crippen molar-refractivity contribution in [1.29, 1.82) is 0 Å². The molecule has 2 heterocycles. The molecule has 2 aliphatic rings. The molecule has 454 valence electrons. The number of thiol groups is 1. The average Bonchev–Trinajstić information content (AvgIpc) is 3.90. The Morgan fingerprint density at radius 2 is 1.49 bits per heavy atom. The second-order valence-electron chi connectivity index (χ2n) is 20.3. The highest BCUT2D eigenvalue weighted by atomic mass is 32.2. The summed E-state index contributed by atoms with van der Waals surface area (Å²) in [6, 6.07) is 7.80. The highest BCUT2D eigenvalue weighted by Crippen LogP contribution is 2.49. The first kappa shape index (κ1) is 68.5. The standard InChI is InChI=1S/C55H81N9O15S3/c1-7-63-44-22-20-38(79-81(71)72)32-40(44)54(2,3)46(63)17-10-8-11-18-47-55(4,5)41-33-39(82(73,74)75)21-23-45(41)64(47)27-15-9-12-19-48(65)57-24-14-13-16-43(62-50(67)35-60-52(69)42(56)37-80)53(70)61-34-49(66)58-26-29-77-30-31-78-36-51(68)59-25-28-76-6/h8,10-11,17-18,20-23,32-33,42-43H,7,9,12-16,19,24-31,34-37,56H2,1-6H3,(H8-,57,58,59,60,61,62,65,66,67,68,69,70,71,72,73,74,75,80)/t42-,43-/m0/s1. The fraction of sp³-hybridized carbons (Fsp3) is 0.545. The van der Waals surface area contributed by atoms with E-state index in [2.05, 4.69) is 67.9 Å². The first-order chi connectivity index (χ1) is 39.0. The Bertz CT molecular complexity index is 2810. The zero-order valence-electron chi connectivity index (χ0n) is 47.5. The lowest BCUT2D eigenvalue weighted by Gasteiger charge is -2.25. The lowest BCUT2D eigenvalue weighted by atomic mass is 9.81. The maximum atomic E-state index is 13.2. The number of ether oxygens (including phenoxy) is 3. The van der Waals surface area contributed by atoms with E-state index >= 15 is 0 Å². The Labute approximate surface area is 488 Å². The van der Waals surface area contributed by atoms with Gasteiger partial charge in [-0.1, -0.05) is 32.1 Å². The van der Waals surface area contributed by atoms with Crippen molar-refractivity contribution in [2.24, 2.45) is 5.73 Å². The first-order valence-electron chi connectivity index (χ1n) is 27.1. The number of amides is 6. The number of nitrogens with two attached hydrogens (primary N) is 1. The molecule has 0 spiro atoms. The molecule has 9 N–H and O–H groups in total. The van der Waals surface area contributed by atoms with Gasteiger partial charge in [0.2, 0.25) is 41.1 Å². The van der Waals surface area contributed by atoms with Crippen molar-refractivity contribution in [3.63, 3.8) is 0 Å². The fourth-order valence-electron chi connectivity index (χ4n) is 9.30. The number of allylic oxidation sites excluding steroid dienone is 6. The number of nitrogens with one attached hydrogen (secondary N) is 6. The van der Waals surface area contributed by atoms with Crippen LogP contribution in [0.2, 0.25) is 0 Å². The quantitative estimate of drug-likeness (QED) is 0.0117. The Morgan fingerprint density at radius 1 is 0.793 bits per heavy atom. The van der Waals surface area contributed by atoms with E-state index < -0.39 is 81.1 Å². The molecule has 1 unspecified atom stereocenters. The van der Waals surface area contributed by atoms with Gasteiger partial charge >= 0.3 is 0 Å². The van der Waals surface area contributed by atoms with Crippen molar-refractivity contribution in [3.05, 3.63) is 83.6 Å². The number of anilines is 1. The molecule has 24 nitrogen and oxygen atoms in total. The highest BCUT2D eigenvalue weighted by Gasteiger charge is 2.45. The molecule has 2 aliphatic heterocycles. The monoisotopic (exact) mass is 1200 g/mol.